The third-order valence-electron chi connectivity index (χ3n) is 3.45. The SMILES string of the molecule is Cc1nn(Cc2ccc(C(C)(C)C)cc2)c(C)c1I. The Morgan fingerprint density at radius 1 is 1.11 bits per heavy atom. The molecule has 0 aliphatic heterocycles. The predicted octanol–water partition coefficient (Wildman–Crippen LogP) is 4.45. The Kier molecular flexibility index (Phi) is 4.04. The van der Waals surface area contributed by atoms with Gasteiger partial charge < -0.3 is 0 Å². The van der Waals surface area contributed by atoms with Gasteiger partial charge >= 0.3 is 0 Å². The first-order valence-electron chi connectivity index (χ1n) is 6.58. The minimum Gasteiger partial charge on any atom is -0.264 e. The standard InChI is InChI=1S/C16H21IN2/c1-11-15(17)12(2)19(18-11)10-13-6-8-14(9-7-13)16(3,4)5/h6-9H,10H2,1-5H3. The normalized spacial score (nSPS) is 11.9. The van der Waals surface area contributed by atoms with Gasteiger partial charge in [-0.15, -0.1) is 0 Å². The number of aromatic nitrogens is 2. The third kappa shape index (κ3) is 3.19. The van der Waals surface area contributed by atoms with E-state index in [1.54, 1.807) is 0 Å². The summed E-state index contributed by atoms with van der Waals surface area (Å²) in [5.41, 5.74) is 5.25. The van der Waals surface area contributed by atoms with Crippen LogP contribution in [0.5, 0.6) is 0 Å². The van der Waals surface area contributed by atoms with Gasteiger partial charge in [0.1, 0.15) is 0 Å². The Morgan fingerprint density at radius 2 is 1.68 bits per heavy atom. The molecule has 0 aliphatic carbocycles. The molecule has 1 heterocycles. The fourth-order valence-electron chi connectivity index (χ4n) is 2.11. The molecule has 0 spiro atoms. The van der Waals surface area contributed by atoms with Gasteiger partial charge in [0.15, 0.2) is 0 Å². The Labute approximate surface area is 129 Å². The van der Waals surface area contributed by atoms with Crippen molar-refractivity contribution in [2.24, 2.45) is 0 Å². The van der Waals surface area contributed by atoms with E-state index in [0.717, 1.165) is 12.2 Å². The van der Waals surface area contributed by atoms with Crippen molar-refractivity contribution in [3.8, 4) is 0 Å². The smallest absolute Gasteiger partial charge is 0.0730 e. The maximum atomic E-state index is 4.59. The number of halogens is 1. The topological polar surface area (TPSA) is 17.8 Å². The van der Waals surface area contributed by atoms with E-state index in [1.807, 2.05) is 0 Å². The maximum absolute atomic E-state index is 4.59. The second kappa shape index (κ2) is 5.27. The van der Waals surface area contributed by atoms with Gasteiger partial charge in [-0.1, -0.05) is 45.0 Å². The number of rotatable bonds is 2. The van der Waals surface area contributed by atoms with E-state index in [0.29, 0.717) is 0 Å². The van der Waals surface area contributed by atoms with Crippen LogP contribution in [0, 0.1) is 17.4 Å². The first kappa shape index (κ1) is 14.6. The van der Waals surface area contributed by atoms with Crippen LogP contribution in [-0.2, 0) is 12.0 Å². The zero-order chi connectivity index (χ0) is 14.2. The second-order valence-electron chi connectivity index (χ2n) is 6.09. The number of nitrogens with zero attached hydrogens (tertiary/aromatic N) is 2. The highest BCUT2D eigenvalue weighted by Crippen LogP contribution is 2.23. The van der Waals surface area contributed by atoms with Gasteiger partial charge in [0.25, 0.3) is 0 Å². The van der Waals surface area contributed by atoms with E-state index >= 15 is 0 Å². The molecule has 0 fully saturated rings. The Balaban J connectivity index is 2.22. The van der Waals surface area contributed by atoms with Crippen LogP contribution in [0.15, 0.2) is 24.3 Å². The molecule has 2 rings (SSSR count). The fraction of sp³-hybridized carbons (Fsp3) is 0.438. The molecule has 1 aromatic carbocycles. The van der Waals surface area contributed by atoms with Crippen LogP contribution in [-0.4, -0.2) is 9.78 Å². The molecule has 0 saturated carbocycles. The van der Waals surface area contributed by atoms with E-state index < -0.39 is 0 Å². The van der Waals surface area contributed by atoms with Crippen molar-refractivity contribution in [1.29, 1.82) is 0 Å². The van der Waals surface area contributed by atoms with Crippen LogP contribution >= 0.6 is 22.6 Å². The van der Waals surface area contributed by atoms with Crippen molar-refractivity contribution in [2.75, 3.05) is 0 Å². The molecule has 0 unspecified atom stereocenters. The lowest BCUT2D eigenvalue weighted by Gasteiger charge is -2.19. The molecular weight excluding hydrogens is 347 g/mol. The van der Waals surface area contributed by atoms with Crippen molar-refractivity contribution in [1.82, 2.24) is 9.78 Å². The van der Waals surface area contributed by atoms with Crippen LogP contribution in [0.1, 0.15) is 43.3 Å². The molecule has 0 radical (unpaired) electrons. The van der Waals surface area contributed by atoms with E-state index in [2.05, 4.69) is 91.3 Å². The molecule has 2 nitrogen and oxygen atoms in total. The molecule has 0 atom stereocenters. The van der Waals surface area contributed by atoms with Gasteiger partial charge in [0.05, 0.1) is 15.8 Å². The van der Waals surface area contributed by atoms with Crippen LogP contribution < -0.4 is 0 Å². The van der Waals surface area contributed by atoms with Gasteiger partial charge in [-0.05, 0) is 53.0 Å². The third-order valence-corrected chi connectivity index (χ3v) is 5.01. The maximum Gasteiger partial charge on any atom is 0.0730 e. The summed E-state index contributed by atoms with van der Waals surface area (Å²) in [6.45, 7) is 11.8. The molecule has 19 heavy (non-hydrogen) atoms. The highest BCUT2D eigenvalue weighted by molar-refractivity contribution is 14.1. The van der Waals surface area contributed by atoms with Crippen LogP contribution in [0.25, 0.3) is 0 Å². The predicted molar refractivity (Wildman–Crippen MR) is 88.7 cm³/mol. The molecule has 3 heteroatoms. The largest absolute Gasteiger partial charge is 0.264 e. The van der Waals surface area contributed by atoms with Gasteiger partial charge in [0.2, 0.25) is 0 Å². The lowest BCUT2D eigenvalue weighted by Crippen LogP contribution is -2.11. The summed E-state index contributed by atoms with van der Waals surface area (Å²) >= 11 is 2.36. The van der Waals surface area contributed by atoms with Crippen molar-refractivity contribution >= 4 is 22.6 Å². The van der Waals surface area contributed by atoms with Crippen LogP contribution in [0.3, 0.4) is 0 Å². The summed E-state index contributed by atoms with van der Waals surface area (Å²) in [5, 5.41) is 4.59. The second-order valence-corrected chi connectivity index (χ2v) is 7.17. The lowest BCUT2D eigenvalue weighted by molar-refractivity contribution is 0.589. The number of benzene rings is 1. The number of hydrogen-bond acceptors (Lipinski definition) is 1. The van der Waals surface area contributed by atoms with Crippen LogP contribution in [0.4, 0.5) is 0 Å². The Bertz CT molecular complexity index is 574. The lowest BCUT2D eigenvalue weighted by atomic mass is 9.87. The van der Waals surface area contributed by atoms with Gasteiger partial charge in [0, 0.05) is 5.69 Å². The first-order valence-corrected chi connectivity index (χ1v) is 7.66. The van der Waals surface area contributed by atoms with E-state index in [4.69, 9.17) is 0 Å². The van der Waals surface area contributed by atoms with Gasteiger partial charge in [-0.2, -0.15) is 5.10 Å². The summed E-state index contributed by atoms with van der Waals surface area (Å²) < 4.78 is 3.35. The van der Waals surface area contributed by atoms with Crippen molar-refractivity contribution in [3.63, 3.8) is 0 Å². The molecule has 1 aromatic heterocycles. The highest BCUT2D eigenvalue weighted by atomic mass is 127. The summed E-state index contributed by atoms with van der Waals surface area (Å²) in [6, 6.07) is 8.88. The number of hydrogen-bond donors (Lipinski definition) is 0. The molecule has 0 amide bonds. The van der Waals surface area contributed by atoms with E-state index in [1.165, 1.54) is 20.4 Å². The van der Waals surface area contributed by atoms with Crippen molar-refractivity contribution in [3.05, 3.63) is 50.4 Å². The summed E-state index contributed by atoms with van der Waals surface area (Å²) in [4.78, 5) is 0. The summed E-state index contributed by atoms with van der Waals surface area (Å²) in [5.74, 6) is 0. The van der Waals surface area contributed by atoms with Crippen LogP contribution in [0.2, 0.25) is 0 Å². The quantitative estimate of drug-likeness (QED) is 0.717. The molecular formula is C16H21IN2. The van der Waals surface area contributed by atoms with Gasteiger partial charge in [-0.25, -0.2) is 0 Å². The zero-order valence-electron chi connectivity index (χ0n) is 12.3. The van der Waals surface area contributed by atoms with Gasteiger partial charge in [-0.3, -0.25) is 4.68 Å². The Morgan fingerprint density at radius 3 is 2.11 bits per heavy atom. The molecule has 102 valence electrons. The monoisotopic (exact) mass is 368 g/mol. The minimum absolute atomic E-state index is 0.214. The zero-order valence-corrected chi connectivity index (χ0v) is 14.4. The summed E-state index contributed by atoms with van der Waals surface area (Å²) in [7, 11) is 0. The molecule has 0 saturated heterocycles. The van der Waals surface area contributed by atoms with E-state index in [-0.39, 0.29) is 5.41 Å². The Hall–Kier alpha value is -0.840. The summed E-state index contributed by atoms with van der Waals surface area (Å²) in [6.07, 6.45) is 0. The van der Waals surface area contributed by atoms with E-state index in [9.17, 15) is 0 Å². The average molecular weight is 368 g/mol. The molecule has 0 N–H and O–H groups in total. The average Bonchev–Trinajstić information content (AvgIpc) is 2.57. The fourth-order valence-corrected chi connectivity index (χ4v) is 2.50. The minimum atomic E-state index is 0.214. The first-order chi connectivity index (χ1) is 8.79. The van der Waals surface area contributed by atoms with Crippen molar-refractivity contribution in [2.45, 2.75) is 46.6 Å². The van der Waals surface area contributed by atoms with Crippen molar-refractivity contribution < 1.29 is 0 Å². The molecule has 0 bridgehead atoms. The molecule has 0 aliphatic rings. The highest BCUT2D eigenvalue weighted by Gasteiger charge is 2.13. The number of aryl methyl sites for hydroxylation is 1. The molecule has 2 aromatic rings.